The van der Waals surface area contributed by atoms with Crippen molar-refractivity contribution in [2.45, 2.75) is 30.8 Å². The zero-order chi connectivity index (χ0) is 14.3. The van der Waals surface area contributed by atoms with Gasteiger partial charge in [-0.2, -0.15) is 0 Å². The van der Waals surface area contributed by atoms with E-state index in [4.69, 9.17) is 15.9 Å². The molecule has 0 aliphatic carbocycles. The molecule has 0 rings (SSSR count). The van der Waals surface area contributed by atoms with Crippen LogP contribution in [0.1, 0.15) is 6.42 Å². The van der Waals surface area contributed by atoms with Gasteiger partial charge in [-0.15, -0.1) is 0 Å². The van der Waals surface area contributed by atoms with E-state index in [1.165, 1.54) is 0 Å². The Hall–Kier alpha value is -1.55. The summed E-state index contributed by atoms with van der Waals surface area (Å²) in [6, 6.07) is -0.975. The summed E-state index contributed by atoms with van der Waals surface area (Å²) in [5.74, 6) is -2.35. The molecule has 7 N–H and O–H groups in total. The Morgan fingerprint density at radius 1 is 1.28 bits per heavy atom. The second-order valence-electron chi connectivity index (χ2n) is 3.65. The maximum atomic E-state index is 11.1. The van der Waals surface area contributed by atoms with Gasteiger partial charge in [-0.25, -0.2) is 4.79 Å². The van der Waals surface area contributed by atoms with Crippen LogP contribution in [0.25, 0.3) is 0 Å². The molecule has 4 unspecified atom stereocenters. The van der Waals surface area contributed by atoms with Crippen molar-refractivity contribution in [2.75, 3.05) is 6.54 Å². The minimum absolute atomic E-state index is 0.298. The highest BCUT2D eigenvalue weighted by Gasteiger charge is 2.30. The molecule has 4 atom stereocenters. The standard InChI is InChI=1S/C9H16N2O7/c10-4(3-12)1-6(14)11-2-5(13)7(15)8(16)9(17)18/h3-5,7-8,13,15-16H,1-2,10H2,(H,11,14)(H,17,18). The Morgan fingerprint density at radius 2 is 1.83 bits per heavy atom. The lowest BCUT2D eigenvalue weighted by Crippen LogP contribution is -2.47. The summed E-state index contributed by atoms with van der Waals surface area (Å²) in [6.07, 6.45) is -5.68. The Labute approximate surface area is 102 Å². The van der Waals surface area contributed by atoms with Crippen LogP contribution in [-0.2, 0) is 14.4 Å². The van der Waals surface area contributed by atoms with Gasteiger partial charge < -0.3 is 36.3 Å². The minimum atomic E-state index is -2.16. The van der Waals surface area contributed by atoms with Crippen LogP contribution in [0.3, 0.4) is 0 Å². The predicted octanol–water partition coefficient (Wildman–Crippen LogP) is -3.81. The van der Waals surface area contributed by atoms with E-state index in [-0.39, 0.29) is 6.42 Å². The molecule has 0 aliphatic heterocycles. The Balaban J connectivity index is 4.09. The predicted molar refractivity (Wildman–Crippen MR) is 57.3 cm³/mol. The molecule has 0 radical (unpaired) electrons. The average Bonchev–Trinajstić information content (AvgIpc) is 2.33. The summed E-state index contributed by atoms with van der Waals surface area (Å²) in [5.41, 5.74) is 5.17. The maximum Gasteiger partial charge on any atom is 0.335 e. The molecule has 1 amide bonds. The number of hydrogen-bond donors (Lipinski definition) is 6. The summed E-state index contributed by atoms with van der Waals surface area (Å²) in [6.45, 7) is -0.476. The number of aliphatic hydroxyl groups is 3. The molecular weight excluding hydrogens is 248 g/mol. The molecule has 0 saturated heterocycles. The molecule has 18 heavy (non-hydrogen) atoms. The van der Waals surface area contributed by atoms with E-state index in [0.717, 1.165) is 0 Å². The lowest BCUT2D eigenvalue weighted by atomic mass is 10.1. The molecular formula is C9H16N2O7. The summed E-state index contributed by atoms with van der Waals surface area (Å²) in [5, 5.41) is 37.9. The highest BCUT2D eigenvalue weighted by atomic mass is 16.4. The van der Waals surface area contributed by atoms with Crippen LogP contribution in [0, 0.1) is 0 Å². The average molecular weight is 264 g/mol. The van der Waals surface area contributed by atoms with E-state index in [0.29, 0.717) is 6.29 Å². The molecule has 9 nitrogen and oxygen atoms in total. The van der Waals surface area contributed by atoms with Crippen molar-refractivity contribution >= 4 is 18.2 Å². The van der Waals surface area contributed by atoms with Crippen LogP contribution in [0.2, 0.25) is 0 Å². The van der Waals surface area contributed by atoms with Gasteiger partial charge in [0.05, 0.1) is 6.04 Å². The van der Waals surface area contributed by atoms with Crippen molar-refractivity contribution in [1.82, 2.24) is 5.32 Å². The first kappa shape index (κ1) is 16.4. The van der Waals surface area contributed by atoms with Gasteiger partial charge in [-0.1, -0.05) is 0 Å². The highest BCUT2D eigenvalue weighted by Crippen LogP contribution is 2.00. The molecule has 0 heterocycles. The normalized spacial score (nSPS) is 17.3. The van der Waals surface area contributed by atoms with Gasteiger partial charge in [-0.3, -0.25) is 4.79 Å². The summed E-state index contributed by atoms with van der Waals surface area (Å²) < 4.78 is 0. The van der Waals surface area contributed by atoms with E-state index < -0.39 is 42.8 Å². The first-order valence-corrected chi connectivity index (χ1v) is 5.04. The molecule has 104 valence electrons. The number of carboxylic acid groups (broad SMARTS) is 1. The second kappa shape index (κ2) is 7.71. The minimum Gasteiger partial charge on any atom is -0.479 e. The van der Waals surface area contributed by atoms with Crippen LogP contribution in [0.15, 0.2) is 0 Å². The number of carbonyl (C=O) groups excluding carboxylic acids is 2. The van der Waals surface area contributed by atoms with Crippen LogP contribution in [0.5, 0.6) is 0 Å². The number of rotatable bonds is 8. The third-order valence-electron chi connectivity index (χ3n) is 2.07. The number of nitrogens with two attached hydrogens (primary N) is 1. The molecule has 0 saturated carbocycles. The van der Waals surface area contributed by atoms with Crippen LogP contribution in [-0.4, -0.2) is 69.5 Å². The number of hydrogen-bond acceptors (Lipinski definition) is 7. The Morgan fingerprint density at radius 3 is 2.28 bits per heavy atom. The topological polar surface area (TPSA) is 170 Å². The van der Waals surface area contributed by atoms with E-state index in [9.17, 15) is 24.6 Å². The maximum absolute atomic E-state index is 11.1. The van der Waals surface area contributed by atoms with Gasteiger partial charge in [0.25, 0.3) is 0 Å². The van der Waals surface area contributed by atoms with Crippen LogP contribution >= 0.6 is 0 Å². The fourth-order valence-electron chi connectivity index (χ4n) is 1.03. The zero-order valence-corrected chi connectivity index (χ0v) is 9.39. The van der Waals surface area contributed by atoms with Crippen molar-refractivity contribution in [3.63, 3.8) is 0 Å². The third-order valence-corrected chi connectivity index (χ3v) is 2.07. The lowest BCUT2D eigenvalue weighted by Gasteiger charge is -2.20. The smallest absolute Gasteiger partial charge is 0.335 e. The van der Waals surface area contributed by atoms with Crippen molar-refractivity contribution in [2.24, 2.45) is 5.73 Å². The fraction of sp³-hybridized carbons (Fsp3) is 0.667. The van der Waals surface area contributed by atoms with E-state index >= 15 is 0 Å². The van der Waals surface area contributed by atoms with Crippen molar-refractivity contribution in [3.05, 3.63) is 0 Å². The zero-order valence-electron chi connectivity index (χ0n) is 9.39. The third kappa shape index (κ3) is 5.68. The largest absolute Gasteiger partial charge is 0.479 e. The molecule has 0 fully saturated rings. The fourth-order valence-corrected chi connectivity index (χ4v) is 1.03. The number of amides is 1. The van der Waals surface area contributed by atoms with E-state index in [1.54, 1.807) is 0 Å². The summed E-state index contributed by atoms with van der Waals surface area (Å²) in [4.78, 5) is 31.6. The first-order chi connectivity index (χ1) is 8.29. The monoisotopic (exact) mass is 264 g/mol. The molecule has 0 aromatic heterocycles. The number of nitrogens with one attached hydrogen (secondary N) is 1. The Bertz CT molecular complexity index is 309. The summed E-state index contributed by atoms with van der Waals surface area (Å²) >= 11 is 0. The molecule has 0 spiro atoms. The van der Waals surface area contributed by atoms with Crippen molar-refractivity contribution < 1.29 is 34.8 Å². The molecule has 0 bridgehead atoms. The van der Waals surface area contributed by atoms with Gasteiger partial charge >= 0.3 is 5.97 Å². The number of carboxylic acids is 1. The lowest BCUT2D eigenvalue weighted by molar-refractivity contribution is -0.157. The van der Waals surface area contributed by atoms with E-state index in [2.05, 4.69) is 5.32 Å². The van der Waals surface area contributed by atoms with Crippen LogP contribution < -0.4 is 11.1 Å². The second-order valence-corrected chi connectivity index (χ2v) is 3.65. The van der Waals surface area contributed by atoms with Gasteiger partial charge in [-0.05, 0) is 0 Å². The van der Waals surface area contributed by atoms with Gasteiger partial charge in [0.15, 0.2) is 6.10 Å². The van der Waals surface area contributed by atoms with Crippen molar-refractivity contribution in [1.29, 1.82) is 0 Å². The number of aliphatic hydroxyl groups excluding tert-OH is 3. The van der Waals surface area contributed by atoms with Gasteiger partial charge in [0.1, 0.15) is 18.5 Å². The molecule has 0 aromatic rings. The Kier molecular flexibility index (Phi) is 7.05. The quantitative estimate of drug-likeness (QED) is 0.242. The SMILES string of the molecule is NC(C=O)CC(=O)NCC(O)C(O)C(O)C(=O)O. The number of aliphatic carboxylic acids is 1. The molecule has 0 aromatic carbocycles. The van der Waals surface area contributed by atoms with Gasteiger partial charge in [0, 0.05) is 13.0 Å². The van der Waals surface area contributed by atoms with Crippen molar-refractivity contribution in [3.8, 4) is 0 Å². The van der Waals surface area contributed by atoms with Crippen LogP contribution in [0.4, 0.5) is 0 Å². The van der Waals surface area contributed by atoms with E-state index in [1.807, 2.05) is 0 Å². The number of aldehydes is 1. The summed E-state index contributed by atoms with van der Waals surface area (Å²) in [7, 11) is 0. The highest BCUT2D eigenvalue weighted by molar-refractivity contribution is 5.80. The molecule has 9 heteroatoms. The number of carbonyl (C=O) groups is 3. The van der Waals surface area contributed by atoms with Gasteiger partial charge in [0.2, 0.25) is 5.91 Å². The molecule has 0 aliphatic rings. The first-order valence-electron chi connectivity index (χ1n) is 5.04.